The van der Waals surface area contributed by atoms with E-state index in [4.69, 9.17) is 23.8 Å². The number of carbonyl (C=O) groups excluding carboxylic acids is 2. The maximum absolute atomic E-state index is 12.5. The predicted octanol–water partition coefficient (Wildman–Crippen LogP) is 4.82. The molecule has 33 heavy (non-hydrogen) atoms. The summed E-state index contributed by atoms with van der Waals surface area (Å²) in [4.78, 5) is 28.5. The summed E-state index contributed by atoms with van der Waals surface area (Å²) in [6.45, 7) is 11.1. The molecule has 2 N–H and O–H groups in total. The van der Waals surface area contributed by atoms with Crippen LogP contribution in [0.25, 0.3) is 0 Å². The number of rotatable bonds is 4. The van der Waals surface area contributed by atoms with Crippen molar-refractivity contribution in [3.63, 3.8) is 0 Å². The lowest BCUT2D eigenvalue weighted by atomic mass is 9.87. The van der Waals surface area contributed by atoms with Gasteiger partial charge in [-0.05, 0) is 53.5 Å². The second kappa shape index (κ2) is 10.5. The van der Waals surface area contributed by atoms with Crippen molar-refractivity contribution in [1.82, 2.24) is 10.2 Å². The van der Waals surface area contributed by atoms with E-state index < -0.39 is 0 Å². The number of amides is 2. The Hall–Kier alpha value is -2.64. The summed E-state index contributed by atoms with van der Waals surface area (Å²) < 4.78 is 0. The van der Waals surface area contributed by atoms with Gasteiger partial charge in [-0.25, -0.2) is 0 Å². The molecule has 1 heterocycles. The largest absolute Gasteiger partial charge is 0.367 e. The summed E-state index contributed by atoms with van der Waals surface area (Å²) in [7, 11) is 0. The highest BCUT2D eigenvalue weighted by atomic mass is 35.5. The van der Waals surface area contributed by atoms with E-state index in [2.05, 4.69) is 36.3 Å². The molecule has 1 fully saturated rings. The number of halogens is 1. The van der Waals surface area contributed by atoms with E-state index in [1.807, 2.05) is 36.1 Å². The number of nitrogens with one attached hydrogen (secondary N) is 2. The first-order valence-corrected chi connectivity index (χ1v) is 11.9. The molecule has 176 valence electrons. The third kappa shape index (κ3) is 6.45. The van der Waals surface area contributed by atoms with E-state index >= 15 is 0 Å². The van der Waals surface area contributed by atoms with Gasteiger partial charge in [0.1, 0.15) is 0 Å². The fourth-order valence-electron chi connectivity index (χ4n) is 3.72. The van der Waals surface area contributed by atoms with Gasteiger partial charge in [0, 0.05) is 43.9 Å². The lowest BCUT2D eigenvalue weighted by Crippen LogP contribution is -2.48. The van der Waals surface area contributed by atoms with Crippen LogP contribution in [0, 0.1) is 0 Å². The van der Waals surface area contributed by atoms with Gasteiger partial charge in [0.15, 0.2) is 5.11 Å². The molecule has 0 radical (unpaired) electrons. The van der Waals surface area contributed by atoms with Crippen LogP contribution < -0.4 is 15.5 Å². The minimum absolute atomic E-state index is 0.0256. The lowest BCUT2D eigenvalue weighted by Gasteiger charge is -2.36. The van der Waals surface area contributed by atoms with Crippen molar-refractivity contribution >= 4 is 52.1 Å². The first kappa shape index (κ1) is 25.0. The molecule has 1 saturated heterocycles. The minimum atomic E-state index is -0.268. The fraction of sp³-hybridized carbons (Fsp3) is 0.400. The summed E-state index contributed by atoms with van der Waals surface area (Å²) in [6.07, 6.45) is 0.528. The fourth-order valence-corrected chi connectivity index (χ4v) is 4.23. The molecule has 0 bridgehead atoms. The van der Waals surface area contributed by atoms with Crippen LogP contribution >= 0.6 is 23.8 Å². The zero-order valence-corrected chi connectivity index (χ0v) is 21.1. The van der Waals surface area contributed by atoms with Crippen LogP contribution in [0.1, 0.15) is 50.0 Å². The summed E-state index contributed by atoms with van der Waals surface area (Å²) in [5, 5.41) is 6.52. The van der Waals surface area contributed by atoms with E-state index in [1.165, 1.54) is 0 Å². The average Bonchev–Trinajstić information content (AvgIpc) is 2.78. The Morgan fingerprint density at radius 1 is 1.03 bits per heavy atom. The molecule has 0 aliphatic carbocycles. The molecule has 3 rings (SSSR count). The van der Waals surface area contributed by atoms with Gasteiger partial charge in [-0.2, -0.15) is 0 Å². The minimum Gasteiger partial charge on any atom is -0.367 e. The monoisotopic (exact) mass is 486 g/mol. The van der Waals surface area contributed by atoms with Crippen LogP contribution in [0.5, 0.6) is 0 Å². The number of carbonyl (C=O) groups is 2. The van der Waals surface area contributed by atoms with E-state index in [-0.39, 0.29) is 22.3 Å². The number of hydrogen-bond donors (Lipinski definition) is 2. The van der Waals surface area contributed by atoms with Crippen molar-refractivity contribution in [3.8, 4) is 0 Å². The van der Waals surface area contributed by atoms with Crippen molar-refractivity contribution in [1.29, 1.82) is 0 Å². The van der Waals surface area contributed by atoms with Crippen LogP contribution in [0.3, 0.4) is 0 Å². The zero-order valence-electron chi connectivity index (χ0n) is 19.6. The molecular formula is C25H31ClN4O2S. The number of thiocarbonyl (C=S) groups is 1. The van der Waals surface area contributed by atoms with Crippen molar-refractivity contribution in [2.75, 3.05) is 36.4 Å². The first-order valence-electron chi connectivity index (χ1n) is 11.1. The molecule has 0 aromatic heterocycles. The van der Waals surface area contributed by atoms with Gasteiger partial charge >= 0.3 is 0 Å². The Morgan fingerprint density at radius 3 is 2.21 bits per heavy atom. The molecule has 2 amide bonds. The highest BCUT2D eigenvalue weighted by molar-refractivity contribution is 7.80. The first-order chi connectivity index (χ1) is 15.6. The van der Waals surface area contributed by atoms with Crippen molar-refractivity contribution in [2.24, 2.45) is 0 Å². The number of nitrogens with zero attached hydrogens (tertiary/aromatic N) is 2. The smallest absolute Gasteiger partial charge is 0.257 e. The Kier molecular flexibility index (Phi) is 7.97. The van der Waals surface area contributed by atoms with E-state index in [0.717, 1.165) is 24.3 Å². The Morgan fingerprint density at radius 2 is 1.67 bits per heavy atom. The number of anilines is 2. The summed E-state index contributed by atoms with van der Waals surface area (Å²) in [5.74, 6) is -0.0869. The molecule has 1 aliphatic rings. The zero-order chi connectivity index (χ0) is 24.2. The van der Waals surface area contributed by atoms with Gasteiger partial charge in [0.25, 0.3) is 5.91 Å². The van der Waals surface area contributed by atoms with Gasteiger partial charge < -0.3 is 15.1 Å². The van der Waals surface area contributed by atoms with Crippen molar-refractivity contribution < 1.29 is 9.59 Å². The summed E-state index contributed by atoms with van der Waals surface area (Å²) >= 11 is 11.8. The third-order valence-corrected chi connectivity index (χ3v) is 6.23. The molecule has 8 heteroatoms. The number of hydrogen-bond acceptors (Lipinski definition) is 4. The molecule has 6 nitrogen and oxygen atoms in total. The van der Waals surface area contributed by atoms with Crippen LogP contribution in [0.15, 0.2) is 42.5 Å². The van der Waals surface area contributed by atoms with Gasteiger partial charge in [-0.3, -0.25) is 14.9 Å². The molecule has 0 spiro atoms. The number of piperazine rings is 1. The van der Waals surface area contributed by atoms with Gasteiger partial charge in [0.05, 0.1) is 10.7 Å². The van der Waals surface area contributed by atoms with Crippen LogP contribution in [0.2, 0.25) is 5.02 Å². The Labute approximate surface area is 206 Å². The summed E-state index contributed by atoms with van der Waals surface area (Å²) in [5.41, 5.74) is 3.34. The van der Waals surface area contributed by atoms with Crippen LogP contribution in [-0.4, -0.2) is 48.0 Å². The van der Waals surface area contributed by atoms with Crippen molar-refractivity contribution in [3.05, 3.63) is 58.6 Å². The Bertz CT molecular complexity index is 1030. The maximum Gasteiger partial charge on any atom is 0.257 e. The second-order valence-electron chi connectivity index (χ2n) is 9.12. The quantitative estimate of drug-likeness (QED) is 0.606. The van der Waals surface area contributed by atoms with Crippen LogP contribution in [-0.2, 0) is 10.2 Å². The maximum atomic E-state index is 12.5. The molecule has 0 unspecified atom stereocenters. The van der Waals surface area contributed by atoms with E-state index in [0.29, 0.717) is 35.8 Å². The second-order valence-corrected chi connectivity index (χ2v) is 9.94. The standard InChI is InChI=1S/C25H31ClN4O2S/c1-5-22(31)30-14-12-29(13-15-30)21-11-10-19(16-20(21)26)27-24(33)28-23(32)17-6-8-18(9-7-17)25(2,3)4/h6-11,16H,5,12-15H2,1-4H3,(H2,27,28,32,33). The van der Waals surface area contributed by atoms with E-state index in [9.17, 15) is 9.59 Å². The highest BCUT2D eigenvalue weighted by Crippen LogP contribution is 2.30. The molecule has 2 aromatic rings. The van der Waals surface area contributed by atoms with E-state index in [1.54, 1.807) is 18.2 Å². The lowest BCUT2D eigenvalue weighted by molar-refractivity contribution is -0.131. The predicted molar refractivity (Wildman–Crippen MR) is 139 cm³/mol. The third-order valence-electron chi connectivity index (χ3n) is 5.72. The average molecular weight is 487 g/mol. The van der Waals surface area contributed by atoms with Gasteiger partial charge in [-0.1, -0.05) is 51.4 Å². The molecule has 2 aromatic carbocycles. The van der Waals surface area contributed by atoms with Crippen LogP contribution in [0.4, 0.5) is 11.4 Å². The highest BCUT2D eigenvalue weighted by Gasteiger charge is 2.21. The van der Waals surface area contributed by atoms with Gasteiger partial charge in [-0.15, -0.1) is 0 Å². The topological polar surface area (TPSA) is 64.7 Å². The van der Waals surface area contributed by atoms with Crippen molar-refractivity contribution in [2.45, 2.75) is 39.5 Å². The summed E-state index contributed by atoms with van der Waals surface area (Å²) in [6, 6.07) is 13.1. The molecule has 0 atom stereocenters. The Balaban J connectivity index is 1.57. The molecule has 1 aliphatic heterocycles. The number of benzene rings is 2. The normalized spacial score (nSPS) is 14.1. The molecule has 0 saturated carbocycles. The molecular weight excluding hydrogens is 456 g/mol. The van der Waals surface area contributed by atoms with Gasteiger partial charge in [0.2, 0.25) is 5.91 Å². The SMILES string of the molecule is CCC(=O)N1CCN(c2ccc(NC(=S)NC(=O)c3ccc(C(C)(C)C)cc3)cc2Cl)CC1.